The van der Waals surface area contributed by atoms with Crippen molar-refractivity contribution in [3.63, 3.8) is 0 Å². The molecule has 2 heteroatoms. The van der Waals surface area contributed by atoms with Crippen molar-refractivity contribution in [3.8, 4) is 5.75 Å². The summed E-state index contributed by atoms with van der Waals surface area (Å²) >= 11 is 0. The third-order valence-corrected chi connectivity index (χ3v) is 5.84. The van der Waals surface area contributed by atoms with E-state index < -0.39 is 0 Å². The molecule has 0 aliphatic heterocycles. The van der Waals surface area contributed by atoms with E-state index in [9.17, 15) is 5.11 Å². The molecule has 4 fully saturated rings. The molecular formula is C20H26O2. The zero-order valence-electron chi connectivity index (χ0n) is 13.4. The number of rotatable bonds is 4. The van der Waals surface area contributed by atoms with Gasteiger partial charge >= 0.3 is 0 Å². The number of benzene rings is 1. The van der Waals surface area contributed by atoms with Crippen molar-refractivity contribution in [1.82, 2.24) is 0 Å². The summed E-state index contributed by atoms with van der Waals surface area (Å²) in [6, 6.07) is 7.62. The van der Waals surface area contributed by atoms with Gasteiger partial charge < -0.3 is 9.84 Å². The van der Waals surface area contributed by atoms with Crippen LogP contribution in [-0.2, 0) is 4.74 Å². The number of hydrogen-bond acceptors (Lipinski definition) is 2. The van der Waals surface area contributed by atoms with Crippen molar-refractivity contribution >= 4 is 5.76 Å². The zero-order valence-corrected chi connectivity index (χ0v) is 13.4. The van der Waals surface area contributed by atoms with Gasteiger partial charge in [-0.25, -0.2) is 0 Å². The summed E-state index contributed by atoms with van der Waals surface area (Å²) in [5, 5.41) is 9.86. The summed E-state index contributed by atoms with van der Waals surface area (Å²) < 4.78 is 6.23. The van der Waals surface area contributed by atoms with Crippen molar-refractivity contribution < 1.29 is 9.84 Å². The highest BCUT2D eigenvalue weighted by Gasteiger charge is 2.46. The molecule has 0 amide bonds. The molecule has 0 heterocycles. The SMILES string of the molecule is CCCOC(=C1C2CC3CC(C2)CC1C3)c1cccc(O)c1. The van der Waals surface area contributed by atoms with Gasteiger partial charge in [0, 0.05) is 5.56 Å². The van der Waals surface area contributed by atoms with Gasteiger partial charge in [-0.1, -0.05) is 19.1 Å². The van der Waals surface area contributed by atoms with Crippen LogP contribution in [0, 0.1) is 23.7 Å². The van der Waals surface area contributed by atoms with E-state index in [0.29, 0.717) is 5.75 Å². The van der Waals surface area contributed by atoms with Crippen LogP contribution in [0.15, 0.2) is 29.8 Å². The van der Waals surface area contributed by atoms with Gasteiger partial charge in [-0.05, 0) is 79.9 Å². The molecule has 0 spiro atoms. The maximum Gasteiger partial charge on any atom is 0.126 e. The summed E-state index contributed by atoms with van der Waals surface area (Å²) in [5.74, 6) is 4.80. The number of allylic oxidation sites excluding steroid dienone is 1. The minimum absolute atomic E-state index is 0.333. The lowest BCUT2D eigenvalue weighted by molar-refractivity contribution is 0.0665. The normalized spacial score (nSPS) is 32.3. The first-order valence-corrected chi connectivity index (χ1v) is 8.90. The van der Waals surface area contributed by atoms with E-state index in [4.69, 9.17) is 4.74 Å². The smallest absolute Gasteiger partial charge is 0.126 e. The summed E-state index contributed by atoms with van der Waals surface area (Å²) in [6.07, 6.45) is 7.94. The molecule has 1 N–H and O–H groups in total. The van der Waals surface area contributed by atoms with Crippen LogP contribution >= 0.6 is 0 Å². The van der Waals surface area contributed by atoms with Gasteiger partial charge in [0.25, 0.3) is 0 Å². The molecule has 4 aliphatic carbocycles. The quantitative estimate of drug-likeness (QED) is 0.794. The van der Waals surface area contributed by atoms with Crippen LogP contribution in [0.1, 0.15) is 51.0 Å². The minimum atomic E-state index is 0.333. The van der Waals surface area contributed by atoms with Gasteiger partial charge in [0.2, 0.25) is 0 Å². The van der Waals surface area contributed by atoms with Crippen molar-refractivity contribution in [1.29, 1.82) is 0 Å². The predicted molar refractivity (Wildman–Crippen MR) is 88.3 cm³/mol. The molecule has 1 aromatic carbocycles. The molecule has 1 aromatic rings. The molecule has 0 unspecified atom stereocenters. The Morgan fingerprint density at radius 2 is 1.77 bits per heavy atom. The highest BCUT2D eigenvalue weighted by atomic mass is 16.5. The van der Waals surface area contributed by atoms with Gasteiger partial charge in [0.1, 0.15) is 11.5 Å². The molecule has 5 rings (SSSR count). The second kappa shape index (κ2) is 5.64. The van der Waals surface area contributed by atoms with E-state index in [2.05, 4.69) is 13.0 Å². The largest absolute Gasteiger partial charge is 0.508 e. The Morgan fingerprint density at radius 1 is 1.09 bits per heavy atom. The Labute approximate surface area is 133 Å². The molecular weight excluding hydrogens is 272 g/mol. The van der Waals surface area contributed by atoms with E-state index in [0.717, 1.165) is 48.0 Å². The fourth-order valence-corrected chi connectivity index (χ4v) is 5.25. The van der Waals surface area contributed by atoms with Crippen molar-refractivity contribution in [2.24, 2.45) is 23.7 Å². The molecule has 0 saturated heterocycles. The molecule has 0 atom stereocenters. The van der Waals surface area contributed by atoms with E-state index in [1.54, 1.807) is 11.6 Å². The van der Waals surface area contributed by atoms with E-state index in [1.165, 1.54) is 32.1 Å². The first-order valence-electron chi connectivity index (χ1n) is 8.90. The van der Waals surface area contributed by atoms with Crippen LogP contribution in [0.25, 0.3) is 5.76 Å². The lowest BCUT2D eigenvalue weighted by Gasteiger charge is -2.51. The van der Waals surface area contributed by atoms with Crippen LogP contribution < -0.4 is 0 Å². The summed E-state index contributed by atoms with van der Waals surface area (Å²) in [6.45, 7) is 2.92. The van der Waals surface area contributed by atoms with Crippen molar-refractivity contribution in [2.45, 2.75) is 45.4 Å². The third-order valence-electron chi connectivity index (χ3n) is 5.84. The molecule has 118 valence electrons. The second-order valence-electron chi connectivity index (χ2n) is 7.49. The number of phenolic OH excluding ortho intramolecular Hbond substituents is 1. The summed E-state index contributed by atoms with van der Waals surface area (Å²) in [5.41, 5.74) is 2.64. The third kappa shape index (κ3) is 2.43. The van der Waals surface area contributed by atoms with Crippen LogP contribution in [0.2, 0.25) is 0 Å². The minimum Gasteiger partial charge on any atom is -0.508 e. The molecule has 4 saturated carbocycles. The van der Waals surface area contributed by atoms with Gasteiger partial charge in [-0.2, -0.15) is 0 Å². The molecule has 4 bridgehead atoms. The maximum absolute atomic E-state index is 9.86. The molecule has 0 radical (unpaired) electrons. The van der Waals surface area contributed by atoms with Gasteiger partial charge in [0.15, 0.2) is 0 Å². The average Bonchev–Trinajstić information content (AvgIpc) is 2.49. The number of phenols is 1. The van der Waals surface area contributed by atoms with Crippen molar-refractivity contribution in [2.75, 3.05) is 6.61 Å². The molecule has 0 aromatic heterocycles. The number of ether oxygens (including phenoxy) is 1. The molecule has 4 aliphatic rings. The standard InChI is InChI=1S/C20H26O2/c1-2-6-22-20(15-4-3-5-18(21)12-15)19-16-8-13-7-14(10-16)11-17(19)9-13/h3-5,12-14,16-17,21H,2,6-11H2,1H3. The number of aromatic hydroxyl groups is 1. The first kappa shape index (κ1) is 14.2. The average molecular weight is 298 g/mol. The zero-order chi connectivity index (χ0) is 15.1. The lowest BCUT2D eigenvalue weighted by Crippen LogP contribution is -2.41. The topological polar surface area (TPSA) is 29.5 Å². The fourth-order valence-electron chi connectivity index (χ4n) is 5.25. The Hall–Kier alpha value is -1.44. The van der Waals surface area contributed by atoms with Gasteiger partial charge in [-0.3, -0.25) is 0 Å². The highest BCUT2D eigenvalue weighted by Crippen LogP contribution is 2.58. The van der Waals surface area contributed by atoms with E-state index in [1.807, 2.05) is 12.1 Å². The van der Waals surface area contributed by atoms with Crippen LogP contribution in [0.3, 0.4) is 0 Å². The van der Waals surface area contributed by atoms with E-state index >= 15 is 0 Å². The summed E-state index contributed by atoms with van der Waals surface area (Å²) in [7, 11) is 0. The Morgan fingerprint density at radius 3 is 2.36 bits per heavy atom. The van der Waals surface area contributed by atoms with Crippen LogP contribution in [0.4, 0.5) is 0 Å². The van der Waals surface area contributed by atoms with Gasteiger partial charge in [-0.15, -0.1) is 0 Å². The lowest BCUT2D eigenvalue weighted by atomic mass is 9.54. The highest BCUT2D eigenvalue weighted by molar-refractivity contribution is 5.66. The van der Waals surface area contributed by atoms with Crippen LogP contribution in [0.5, 0.6) is 5.75 Å². The molecule has 2 nitrogen and oxygen atoms in total. The van der Waals surface area contributed by atoms with Crippen molar-refractivity contribution in [3.05, 3.63) is 35.4 Å². The first-order chi connectivity index (χ1) is 10.7. The Balaban J connectivity index is 1.76. The second-order valence-corrected chi connectivity index (χ2v) is 7.49. The van der Waals surface area contributed by atoms with Crippen LogP contribution in [-0.4, -0.2) is 11.7 Å². The Bertz CT molecular complexity index is 557. The summed E-state index contributed by atoms with van der Waals surface area (Å²) in [4.78, 5) is 0. The molecule has 22 heavy (non-hydrogen) atoms. The number of hydrogen-bond donors (Lipinski definition) is 1. The monoisotopic (exact) mass is 298 g/mol. The Kier molecular flexibility index (Phi) is 3.63. The predicted octanol–water partition coefficient (Wildman–Crippen LogP) is 4.99. The van der Waals surface area contributed by atoms with Gasteiger partial charge in [0.05, 0.1) is 6.61 Å². The van der Waals surface area contributed by atoms with E-state index in [-0.39, 0.29) is 0 Å². The maximum atomic E-state index is 9.86. The fraction of sp³-hybridized carbons (Fsp3) is 0.600.